The molecule has 0 aromatic heterocycles. The summed E-state index contributed by atoms with van der Waals surface area (Å²) in [4.78, 5) is 30.4. The Morgan fingerprint density at radius 2 is 1.64 bits per heavy atom. The quantitative estimate of drug-likeness (QED) is 0.775. The summed E-state index contributed by atoms with van der Waals surface area (Å²) in [6.45, 7) is 5.93. The molecule has 0 atom stereocenters. The van der Waals surface area contributed by atoms with Crippen LogP contribution in [0, 0.1) is 0 Å². The van der Waals surface area contributed by atoms with Gasteiger partial charge in [0.1, 0.15) is 0 Å². The molecule has 2 aliphatic rings. The Labute approximate surface area is 166 Å². The lowest BCUT2D eigenvalue weighted by Gasteiger charge is -2.34. The third-order valence-corrected chi connectivity index (χ3v) is 6.01. The number of amides is 2. The van der Waals surface area contributed by atoms with Crippen LogP contribution in [0.15, 0.2) is 42.5 Å². The van der Waals surface area contributed by atoms with E-state index < -0.39 is 0 Å². The number of rotatable bonds is 6. The second-order valence-corrected chi connectivity index (χ2v) is 7.98. The van der Waals surface area contributed by atoms with Crippen LogP contribution in [0.25, 0.3) is 10.8 Å². The standard InChI is InChI=1S/C23H29N3O2/c1-18(27)24-13-15-25(16-14-24)23(28)11-12-26(21-9-10-21)17-20-7-4-6-19-5-2-3-8-22(19)20/h2-8,21H,9-17H2,1H3. The van der Waals surface area contributed by atoms with Gasteiger partial charge in [0.2, 0.25) is 11.8 Å². The molecule has 148 valence electrons. The van der Waals surface area contributed by atoms with Crippen LogP contribution in [0.4, 0.5) is 0 Å². The minimum atomic E-state index is 0.0992. The average Bonchev–Trinajstić information content (AvgIpc) is 3.56. The number of piperazine rings is 1. The maximum atomic E-state index is 12.7. The van der Waals surface area contributed by atoms with E-state index in [1.54, 1.807) is 6.92 Å². The summed E-state index contributed by atoms with van der Waals surface area (Å²) in [5, 5.41) is 2.58. The highest BCUT2D eigenvalue weighted by Gasteiger charge is 2.30. The van der Waals surface area contributed by atoms with Gasteiger partial charge in [0.25, 0.3) is 0 Å². The third kappa shape index (κ3) is 4.36. The van der Waals surface area contributed by atoms with Gasteiger partial charge in [0, 0.05) is 58.7 Å². The summed E-state index contributed by atoms with van der Waals surface area (Å²) in [6.07, 6.45) is 3.02. The highest BCUT2D eigenvalue weighted by molar-refractivity contribution is 5.85. The molecule has 0 bridgehead atoms. The van der Waals surface area contributed by atoms with Crippen LogP contribution in [-0.4, -0.2) is 65.3 Å². The second kappa shape index (κ2) is 8.31. The summed E-state index contributed by atoms with van der Waals surface area (Å²) in [7, 11) is 0. The lowest BCUT2D eigenvalue weighted by atomic mass is 10.0. The van der Waals surface area contributed by atoms with E-state index in [1.807, 2.05) is 9.80 Å². The lowest BCUT2D eigenvalue weighted by Crippen LogP contribution is -2.50. The van der Waals surface area contributed by atoms with Crippen LogP contribution >= 0.6 is 0 Å². The molecule has 1 heterocycles. The van der Waals surface area contributed by atoms with E-state index in [1.165, 1.54) is 29.2 Å². The van der Waals surface area contributed by atoms with E-state index in [0.29, 0.717) is 38.6 Å². The topological polar surface area (TPSA) is 43.9 Å². The van der Waals surface area contributed by atoms with Crippen LogP contribution < -0.4 is 0 Å². The number of benzene rings is 2. The predicted octanol–water partition coefficient (Wildman–Crippen LogP) is 2.89. The molecule has 0 radical (unpaired) electrons. The molecule has 0 unspecified atom stereocenters. The Morgan fingerprint density at radius 3 is 2.36 bits per heavy atom. The fourth-order valence-electron chi connectivity index (χ4n) is 4.15. The Bertz CT molecular complexity index is 849. The van der Waals surface area contributed by atoms with Gasteiger partial charge in [-0.15, -0.1) is 0 Å². The molecule has 2 fully saturated rings. The molecule has 5 heteroatoms. The molecule has 2 amide bonds. The monoisotopic (exact) mass is 379 g/mol. The summed E-state index contributed by atoms with van der Waals surface area (Å²) < 4.78 is 0. The fraction of sp³-hybridized carbons (Fsp3) is 0.478. The number of carbonyl (C=O) groups is 2. The van der Waals surface area contributed by atoms with E-state index >= 15 is 0 Å². The maximum absolute atomic E-state index is 12.7. The summed E-state index contributed by atoms with van der Waals surface area (Å²) in [5.74, 6) is 0.314. The molecule has 1 saturated heterocycles. The van der Waals surface area contributed by atoms with Gasteiger partial charge in [-0.1, -0.05) is 42.5 Å². The minimum Gasteiger partial charge on any atom is -0.339 e. The molecule has 1 aliphatic heterocycles. The summed E-state index contributed by atoms with van der Waals surface area (Å²) in [6, 6.07) is 15.6. The van der Waals surface area contributed by atoms with Crippen LogP contribution in [-0.2, 0) is 16.1 Å². The van der Waals surface area contributed by atoms with E-state index in [0.717, 1.165) is 13.1 Å². The van der Waals surface area contributed by atoms with Crippen molar-refractivity contribution in [2.45, 2.75) is 38.8 Å². The van der Waals surface area contributed by atoms with Crippen molar-refractivity contribution in [2.24, 2.45) is 0 Å². The Kier molecular flexibility index (Phi) is 5.62. The maximum Gasteiger partial charge on any atom is 0.223 e. The molecule has 0 spiro atoms. The predicted molar refractivity (Wildman–Crippen MR) is 111 cm³/mol. The molecule has 2 aromatic rings. The molecule has 0 N–H and O–H groups in total. The first-order valence-electron chi connectivity index (χ1n) is 10.4. The summed E-state index contributed by atoms with van der Waals surface area (Å²) in [5.41, 5.74) is 1.34. The van der Waals surface area contributed by atoms with Crippen LogP contribution in [0.3, 0.4) is 0 Å². The molecule has 2 aromatic carbocycles. The van der Waals surface area contributed by atoms with Crippen molar-refractivity contribution in [3.05, 3.63) is 48.0 Å². The van der Waals surface area contributed by atoms with E-state index in [-0.39, 0.29) is 11.8 Å². The highest BCUT2D eigenvalue weighted by Crippen LogP contribution is 2.30. The molecule has 1 saturated carbocycles. The normalized spacial score (nSPS) is 17.4. The highest BCUT2D eigenvalue weighted by atomic mass is 16.2. The first kappa shape index (κ1) is 18.9. The van der Waals surface area contributed by atoms with Gasteiger partial charge < -0.3 is 9.80 Å². The van der Waals surface area contributed by atoms with Gasteiger partial charge in [0.15, 0.2) is 0 Å². The van der Waals surface area contributed by atoms with E-state index in [2.05, 4.69) is 47.4 Å². The van der Waals surface area contributed by atoms with Gasteiger partial charge in [-0.2, -0.15) is 0 Å². The first-order valence-corrected chi connectivity index (χ1v) is 10.4. The molecular formula is C23H29N3O2. The van der Waals surface area contributed by atoms with Crippen LogP contribution in [0.2, 0.25) is 0 Å². The Balaban J connectivity index is 1.36. The Morgan fingerprint density at radius 1 is 0.964 bits per heavy atom. The largest absolute Gasteiger partial charge is 0.339 e. The van der Waals surface area contributed by atoms with Crippen molar-refractivity contribution in [3.8, 4) is 0 Å². The van der Waals surface area contributed by atoms with Crippen molar-refractivity contribution in [2.75, 3.05) is 32.7 Å². The van der Waals surface area contributed by atoms with Crippen molar-refractivity contribution in [3.63, 3.8) is 0 Å². The van der Waals surface area contributed by atoms with Gasteiger partial charge in [0.05, 0.1) is 0 Å². The van der Waals surface area contributed by atoms with Gasteiger partial charge in [-0.3, -0.25) is 14.5 Å². The van der Waals surface area contributed by atoms with Gasteiger partial charge in [-0.25, -0.2) is 0 Å². The smallest absolute Gasteiger partial charge is 0.223 e. The third-order valence-electron chi connectivity index (χ3n) is 6.01. The Hall–Kier alpha value is -2.40. The molecule has 4 rings (SSSR count). The van der Waals surface area contributed by atoms with Gasteiger partial charge >= 0.3 is 0 Å². The SMILES string of the molecule is CC(=O)N1CCN(C(=O)CCN(Cc2cccc3ccccc23)C2CC2)CC1. The number of nitrogens with zero attached hydrogens (tertiary/aromatic N) is 3. The second-order valence-electron chi connectivity index (χ2n) is 7.98. The fourth-order valence-corrected chi connectivity index (χ4v) is 4.15. The zero-order valence-electron chi connectivity index (χ0n) is 16.6. The number of fused-ring (bicyclic) bond motifs is 1. The number of hydrogen-bond donors (Lipinski definition) is 0. The number of hydrogen-bond acceptors (Lipinski definition) is 3. The van der Waals surface area contributed by atoms with Crippen molar-refractivity contribution in [1.82, 2.24) is 14.7 Å². The van der Waals surface area contributed by atoms with Crippen molar-refractivity contribution >= 4 is 22.6 Å². The molecule has 5 nitrogen and oxygen atoms in total. The first-order chi connectivity index (χ1) is 13.6. The lowest BCUT2D eigenvalue weighted by molar-refractivity contribution is -0.138. The van der Waals surface area contributed by atoms with Crippen molar-refractivity contribution in [1.29, 1.82) is 0 Å². The molecular weight excluding hydrogens is 350 g/mol. The van der Waals surface area contributed by atoms with Crippen LogP contribution in [0.1, 0.15) is 31.7 Å². The van der Waals surface area contributed by atoms with E-state index in [4.69, 9.17) is 0 Å². The average molecular weight is 380 g/mol. The van der Waals surface area contributed by atoms with Crippen molar-refractivity contribution < 1.29 is 9.59 Å². The zero-order chi connectivity index (χ0) is 19.5. The minimum absolute atomic E-state index is 0.0992. The number of carbonyl (C=O) groups excluding carboxylic acids is 2. The van der Waals surface area contributed by atoms with Gasteiger partial charge in [-0.05, 0) is 29.2 Å². The summed E-state index contributed by atoms with van der Waals surface area (Å²) >= 11 is 0. The molecule has 1 aliphatic carbocycles. The van der Waals surface area contributed by atoms with E-state index in [9.17, 15) is 9.59 Å². The zero-order valence-corrected chi connectivity index (χ0v) is 16.6. The molecule has 28 heavy (non-hydrogen) atoms. The van der Waals surface area contributed by atoms with Crippen LogP contribution in [0.5, 0.6) is 0 Å².